The molecule has 108 valence electrons. The van der Waals surface area contributed by atoms with Gasteiger partial charge in [-0.05, 0) is 12.5 Å². The van der Waals surface area contributed by atoms with Crippen LogP contribution in [0.1, 0.15) is 30.3 Å². The Morgan fingerprint density at radius 3 is 2.55 bits per heavy atom. The molecule has 2 rings (SSSR count). The number of nitrogens with one attached hydrogen (secondary N) is 1. The molecule has 0 aromatic carbocycles. The second kappa shape index (κ2) is 6.31. The Bertz CT molecular complexity index is 534. The van der Waals surface area contributed by atoms with Crippen molar-refractivity contribution >= 4 is 11.8 Å². The van der Waals surface area contributed by atoms with Crippen LogP contribution < -0.4 is 5.56 Å². The predicted molar refractivity (Wildman–Crippen MR) is 72.2 cm³/mol. The summed E-state index contributed by atoms with van der Waals surface area (Å²) in [4.78, 5) is 38.3. The summed E-state index contributed by atoms with van der Waals surface area (Å²) in [6.07, 6.45) is 1.23. The van der Waals surface area contributed by atoms with Gasteiger partial charge in [0.05, 0.1) is 0 Å². The van der Waals surface area contributed by atoms with Crippen LogP contribution in [0.25, 0.3) is 0 Å². The molecule has 1 aromatic heterocycles. The number of aromatic amines is 1. The molecule has 1 aliphatic rings. The quantitative estimate of drug-likeness (QED) is 0.815. The van der Waals surface area contributed by atoms with Crippen molar-refractivity contribution in [3.63, 3.8) is 0 Å². The summed E-state index contributed by atoms with van der Waals surface area (Å²) in [5.74, 6) is -0.103. The lowest BCUT2D eigenvalue weighted by molar-refractivity contribution is -0.130. The van der Waals surface area contributed by atoms with Gasteiger partial charge >= 0.3 is 0 Å². The second-order valence-corrected chi connectivity index (χ2v) is 4.69. The molecule has 2 amide bonds. The first-order valence-corrected chi connectivity index (χ1v) is 6.74. The number of hydrogen-bond acceptors (Lipinski definition) is 4. The molecule has 1 N–H and O–H groups in total. The Morgan fingerprint density at radius 2 is 1.90 bits per heavy atom. The number of amides is 2. The van der Waals surface area contributed by atoms with Crippen molar-refractivity contribution in [2.75, 3.05) is 26.2 Å². The molecular formula is C13H18N4O3. The first-order valence-electron chi connectivity index (χ1n) is 6.74. The van der Waals surface area contributed by atoms with E-state index in [1.807, 2.05) is 6.92 Å². The maximum Gasteiger partial charge on any atom is 0.274 e. The van der Waals surface area contributed by atoms with Crippen molar-refractivity contribution in [2.24, 2.45) is 0 Å². The highest BCUT2D eigenvalue weighted by Crippen LogP contribution is 2.08. The average molecular weight is 278 g/mol. The SMILES string of the molecule is CCC(=O)N1CCCN(C(=O)c2ccc(=O)[nH]n2)CC1. The van der Waals surface area contributed by atoms with Crippen LogP contribution in [0.2, 0.25) is 0 Å². The van der Waals surface area contributed by atoms with E-state index in [2.05, 4.69) is 10.2 Å². The summed E-state index contributed by atoms with van der Waals surface area (Å²) in [7, 11) is 0. The molecule has 0 spiro atoms. The van der Waals surface area contributed by atoms with Gasteiger partial charge in [-0.2, -0.15) is 5.10 Å². The van der Waals surface area contributed by atoms with Crippen LogP contribution >= 0.6 is 0 Å². The highest BCUT2D eigenvalue weighted by molar-refractivity contribution is 5.92. The van der Waals surface area contributed by atoms with Crippen LogP contribution in [0.5, 0.6) is 0 Å². The van der Waals surface area contributed by atoms with Gasteiger partial charge in [-0.1, -0.05) is 6.92 Å². The summed E-state index contributed by atoms with van der Waals surface area (Å²) in [6.45, 7) is 4.14. The van der Waals surface area contributed by atoms with Gasteiger partial charge in [0, 0.05) is 38.7 Å². The second-order valence-electron chi connectivity index (χ2n) is 4.69. The molecule has 0 radical (unpaired) electrons. The fourth-order valence-electron chi connectivity index (χ4n) is 2.22. The Balaban J connectivity index is 2.03. The monoisotopic (exact) mass is 278 g/mol. The zero-order valence-electron chi connectivity index (χ0n) is 11.5. The van der Waals surface area contributed by atoms with Crippen LogP contribution in [0.4, 0.5) is 0 Å². The molecule has 1 aliphatic heterocycles. The fraction of sp³-hybridized carbons (Fsp3) is 0.538. The fourth-order valence-corrected chi connectivity index (χ4v) is 2.22. The van der Waals surface area contributed by atoms with Crippen molar-refractivity contribution in [1.29, 1.82) is 0 Å². The van der Waals surface area contributed by atoms with E-state index in [-0.39, 0.29) is 23.1 Å². The van der Waals surface area contributed by atoms with Gasteiger partial charge in [-0.15, -0.1) is 0 Å². The Labute approximate surface area is 116 Å². The number of carbonyl (C=O) groups excluding carboxylic acids is 2. The van der Waals surface area contributed by atoms with Gasteiger partial charge in [-0.3, -0.25) is 14.4 Å². The lowest BCUT2D eigenvalue weighted by atomic mass is 10.3. The van der Waals surface area contributed by atoms with Gasteiger partial charge in [0.25, 0.3) is 11.5 Å². The summed E-state index contributed by atoms with van der Waals surface area (Å²) in [5.41, 5.74) is -0.114. The van der Waals surface area contributed by atoms with E-state index in [1.165, 1.54) is 12.1 Å². The molecule has 1 fully saturated rings. The molecule has 0 aliphatic carbocycles. The first-order chi connectivity index (χ1) is 9.61. The van der Waals surface area contributed by atoms with Crippen molar-refractivity contribution in [3.05, 3.63) is 28.2 Å². The van der Waals surface area contributed by atoms with Crippen molar-refractivity contribution in [1.82, 2.24) is 20.0 Å². The zero-order chi connectivity index (χ0) is 14.5. The van der Waals surface area contributed by atoms with Crippen molar-refractivity contribution in [2.45, 2.75) is 19.8 Å². The zero-order valence-corrected chi connectivity index (χ0v) is 11.5. The summed E-state index contributed by atoms with van der Waals surface area (Å²) >= 11 is 0. The molecule has 0 atom stereocenters. The molecule has 0 unspecified atom stereocenters. The molecule has 1 aromatic rings. The number of carbonyl (C=O) groups is 2. The highest BCUT2D eigenvalue weighted by atomic mass is 16.2. The predicted octanol–water partition coefficient (Wildman–Crippen LogP) is -0.146. The lowest BCUT2D eigenvalue weighted by Crippen LogP contribution is -2.37. The third-order valence-corrected chi connectivity index (χ3v) is 3.34. The number of hydrogen-bond donors (Lipinski definition) is 1. The minimum absolute atomic E-state index is 0.112. The summed E-state index contributed by atoms with van der Waals surface area (Å²) in [5, 5.41) is 6.00. The van der Waals surface area contributed by atoms with Crippen LogP contribution in [0, 0.1) is 0 Å². The minimum atomic E-state index is -0.336. The van der Waals surface area contributed by atoms with E-state index < -0.39 is 0 Å². The Hall–Kier alpha value is -2.18. The molecule has 1 saturated heterocycles. The first kappa shape index (κ1) is 14.2. The molecule has 7 nitrogen and oxygen atoms in total. The topological polar surface area (TPSA) is 86.4 Å². The Morgan fingerprint density at radius 1 is 1.20 bits per heavy atom. The lowest BCUT2D eigenvalue weighted by Gasteiger charge is -2.21. The Kier molecular flexibility index (Phi) is 4.49. The smallest absolute Gasteiger partial charge is 0.274 e. The molecule has 20 heavy (non-hydrogen) atoms. The largest absolute Gasteiger partial charge is 0.341 e. The van der Waals surface area contributed by atoms with Gasteiger partial charge in [-0.25, -0.2) is 5.10 Å². The molecule has 7 heteroatoms. The van der Waals surface area contributed by atoms with Crippen LogP contribution in [0.3, 0.4) is 0 Å². The van der Waals surface area contributed by atoms with Gasteiger partial charge in [0.1, 0.15) is 5.69 Å². The number of H-pyrrole nitrogens is 1. The standard InChI is InChI=1S/C13H18N4O3/c1-2-12(19)16-6-3-7-17(9-8-16)13(20)10-4-5-11(18)15-14-10/h4-5H,2-3,6-9H2,1H3,(H,15,18). The maximum absolute atomic E-state index is 12.2. The third-order valence-electron chi connectivity index (χ3n) is 3.34. The van der Waals surface area contributed by atoms with E-state index in [9.17, 15) is 14.4 Å². The van der Waals surface area contributed by atoms with Crippen molar-refractivity contribution < 1.29 is 9.59 Å². The van der Waals surface area contributed by atoms with Crippen LogP contribution in [0.15, 0.2) is 16.9 Å². The summed E-state index contributed by atoms with van der Waals surface area (Å²) < 4.78 is 0. The van der Waals surface area contributed by atoms with Gasteiger partial charge in [0.2, 0.25) is 5.91 Å². The van der Waals surface area contributed by atoms with E-state index in [4.69, 9.17) is 0 Å². The van der Waals surface area contributed by atoms with Crippen molar-refractivity contribution in [3.8, 4) is 0 Å². The highest BCUT2D eigenvalue weighted by Gasteiger charge is 2.22. The number of aromatic nitrogens is 2. The molecule has 0 bridgehead atoms. The molecule has 2 heterocycles. The third kappa shape index (κ3) is 3.23. The maximum atomic E-state index is 12.2. The van der Waals surface area contributed by atoms with Gasteiger partial charge < -0.3 is 9.80 Å². The van der Waals surface area contributed by atoms with E-state index >= 15 is 0 Å². The van der Waals surface area contributed by atoms with E-state index in [1.54, 1.807) is 9.80 Å². The average Bonchev–Trinajstić information content (AvgIpc) is 2.72. The van der Waals surface area contributed by atoms with Crippen LogP contribution in [-0.2, 0) is 4.79 Å². The minimum Gasteiger partial charge on any atom is -0.341 e. The molecule has 0 saturated carbocycles. The van der Waals surface area contributed by atoms with Crippen LogP contribution in [-0.4, -0.2) is 58.0 Å². The van der Waals surface area contributed by atoms with E-state index in [0.29, 0.717) is 32.6 Å². The number of rotatable bonds is 2. The molecular weight excluding hydrogens is 260 g/mol. The number of nitrogens with zero attached hydrogens (tertiary/aromatic N) is 3. The van der Waals surface area contributed by atoms with Gasteiger partial charge in [0.15, 0.2) is 0 Å². The summed E-state index contributed by atoms with van der Waals surface area (Å²) in [6, 6.07) is 2.70. The normalized spacial score (nSPS) is 15.8. The van der Waals surface area contributed by atoms with E-state index in [0.717, 1.165) is 6.42 Å².